The van der Waals surface area contributed by atoms with E-state index in [1.807, 2.05) is 6.92 Å². The van der Waals surface area contributed by atoms with Gasteiger partial charge in [0, 0.05) is 5.57 Å². The second kappa shape index (κ2) is 23.7. The molecule has 0 radical (unpaired) electrons. The van der Waals surface area contributed by atoms with E-state index in [0.29, 0.717) is 12.0 Å². The highest BCUT2D eigenvalue weighted by Crippen LogP contribution is 1.99. The van der Waals surface area contributed by atoms with E-state index < -0.39 is 5.97 Å². The number of aliphatic carboxylic acids is 1. The lowest BCUT2D eigenvalue weighted by Crippen LogP contribution is -2.21. The highest BCUT2D eigenvalue weighted by atomic mass is 35.5. The Labute approximate surface area is 151 Å². The van der Waals surface area contributed by atoms with E-state index in [-0.39, 0.29) is 12.4 Å². The van der Waals surface area contributed by atoms with Crippen LogP contribution in [0.15, 0.2) is 12.2 Å². The molecule has 0 aromatic carbocycles. The van der Waals surface area contributed by atoms with Gasteiger partial charge in [0.25, 0.3) is 0 Å². The summed E-state index contributed by atoms with van der Waals surface area (Å²) in [6.45, 7) is 25.5. The van der Waals surface area contributed by atoms with Gasteiger partial charge in [-0.25, -0.2) is 4.79 Å². The molecule has 4 nitrogen and oxygen atoms in total. The maximum Gasteiger partial charge on any atom is 0.330 e. The van der Waals surface area contributed by atoms with Gasteiger partial charge >= 0.3 is 5.97 Å². The van der Waals surface area contributed by atoms with Crippen LogP contribution in [0.3, 0.4) is 0 Å². The highest BCUT2D eigenvalue weighted by Gasteiger charge is 1.99. The van der Waals surface area contributed by atoms with Crippen LogP contribution in [-0.4, -0.2) is 60.1 Å². The molecule has 0 bridgehead atoms. The summed E-state index contributed by atoms with van der Waals surface area (Å²) in [5.41, 5.74) is 0.299. The lowest BCUT2D eigenvalue weighted by atomic mass is 10.2. The molecule has 0 saturated carbocycles. The summed E-state index contributed by atoms with van der Waals surface area (Å²) < 4.78 is 0. The molecule has 0 aliphatic rings. The minimum absolute atomic E-state index is 0. The van der Waals surface area contributed by atoms with Gasteiger partial charge in [-0.15, -0.1) is 12.4 Å². The third-order valence-corrected chi connectivity index (χ3v) is 3.54. The Bertz CT molecular complexity index is 230. The van der Waals surface area contributed by atoms with Gasteiger partial charge in [-0.05, 0) is 45.7 Å². The SMILES string of the molecule is C=C(CCC)C(=O)O.CCN(CC)CC.CCN(CC)CC.Cl. The monoisotopic (exact) mass is 352 g/mol. The number of hydrogen-bond acceptors (Lipinski definition) is 3. The predicted molar refractivity (Wildman–Crippen MR) is 106 cm³/mol. The van der Waals surface area contributed by atoms with Crippen LogP contribution in [0.1, 0.15) is 61.3 Å². The van der Waals surface area contributed by atoms with Gasteiger partial charge in [0.2, 0.25) is 0 Å². The molecule has 23 heavy (non-hydrogen) atoms. The van der Waals surface area contributed by atoms with E-state index in [1.54, 1.807) is 0 Å². The van der Waals surface area contributed by atoms with Crippen LogP contribution in [-0.2, 0) is 4.79 Å². The number of halogens is 1. The highest BCUT2D eigenvalue weighted by molar-refractivity contribution is 5.85. The standard InChI is InChI=1S/2C6H15N.C6H10O2.ClH/c2*1-4-7(5-2)6-3;1-3-4-5(2)6(7)8;/h2*4-6H2,1-3H3;2-4H2,1H3,(H,7,8);1H. The van der Waals surface area contributed by atoms with Crippen LogP contribution in [0.4, 0.5) is 0 Å². The third-order valence-electron chi connectivity index (χ3n) is 3.54. The molecule has 0 rings (SSSR count). The van der Waals surface area contributed by atoms with Gasteiger partial charge in [0.1, 0.15) is 0 Å². The van der Waals surface area contributed by atoms with Crippen molar-refractivity contribution in [2.24, 2.45) is 0 Å². The zero-order chi connectivity index (χ0) is 18.0. The van der Waals surface area contributed by atoms with Crippen molar-refractivity contribution in [2.75, 3.05) is 39.3 Å². The molecule has 142 valence electrons. The van der Waals surface area contributed by atoms with Gasteiger partial charge in [-0.3, -0.25) is 0 Å². The topological polar surface area (TPSA) is 43.8 Å². The van der Waals surface area contributed by atoms with Crippen LogP contribution in [0, 0.1) is 0 Å². The van der Waals surface area contributed by atoms with Gasteiger partial charge in [-0.2, -0.15) is 0 Å². The fourth-order valence-corrected chi connectivity index (χ4v) is 1.75. The van der Waals surface area contributed by atoms with E-state index >= 15 is 0 Å². The van der Waals surface area contributed by atoms with E-state index in [1.165, 1.54) is 39.3 Å². The minimum atomic E-state index is -0.883. The fourth-order valence-electron chi connectivity index (χ4n) is 1.75. The van der Waals surface area contributed by atoms with Gasteiger partial charge in [0.15, 0.2) is 0 Å². The summed E-state index contributed by atoms with van der Waals surface area (Å²) >= 11 is 0. The fraction of sp³-hybridized carbons (Fsp3) is 0.833. The molecule has 0 aromatic heterocycles. The number of rotatable bonds is 9. The van der Waals surface area contributed by atoms with Crippen molar-refractivity contribution in [3.05, 3.63) is 12.2 Å². The van der Waals surface area contributed by atoms with E-state index in [4.69, 9.17) is 5.11 Å². The predicted octanol–water partition coefficient (Wildman–Crippen LogP) is 4.55. The van der Waals surface area contributed by atoms with Crippen LogP contribution in [0.25, 0.3) is 0 Å². The molecule has 0 fully saturated rings. The Morgan fingerprint density at radius 2 is 1.04 bits per heavy atom. The summed E-state index contributed by atoms with van der Waals surface area (Å²) in [5.74, 6) is -0.883. The molecule has 0 heterocycles. The Morgan fingerprint density at radius 1 is 0.783 bits per heavy atom. The van der Waals surface area contributed by atoms with Crippen LogP contribution in [0.5, 0.6) is 0 Å². The summed E-state index contributed by atoms with van der Waals surface area (Å²) in [6, 6.07) is 0. The smallest absolute Gasteiger partial charge is 0.330 e. The quantitative estimate of drug-likeness (QED) is 0.618. The number of carboxylic acid groups (broad SMARTS) is 1. The zero-order valence-electron chi connectivity index (χ0n) is 16.5. The van der Waals surface area contributed by atoms with Crippen LogP contribution >= 0.6 is 12.4 Å². The number of carboxylic acids is 1. The van der Waals surface area contributed by atoms with Crippen molar-refractivity contribution in [3.8, 4) is 0 Å². The molecular formula is C18H41ClN2O2. The zero-order valence-corrected chi connectivity index (χ0v) is 17.3. The molecule has 0 spiro atoms. The first kappa shape index (κ1) is 30.3. The van der Waals surface area contributed by atoms with E-state index in [2.05, 4.69) is 57.9 Å². The van der Waals surface area contributed by atoms with Crippen molar-refractivity contribution in [3.63, 3.8) is 0 Å². The largest absolute Gasteiger partial charge is 0.478 e. The van der Waals surface area contributed by atoms with Crippen molar-refractivity contribution in [2.45, 2.75) is 61.3 Å². The second-order valence-electron chi connectivity index (χ2n) is 4.90. The molecule has 5 heteroatoms. The molecule has 0 aromatic rings. The second-order valence-corrected chi connectivity index (χ2v) is 4.90. The van der Waals surface area contributed by atoms with Crippen LogP contribution in [0.2, 0.25) is 0 Å². The van der Waals surface area contributed by atoms with Crippen molar-refractivity contribution in [1.82, 2.24) is 9.80 Å². The Balaban J connectivity index is -0.000000116. The van der Waals surface area contributed by atoms with Gasteiger partial charge < -0.3 is 14.9 Å². The lowest BCUT2D eigenvalue weighted by molar-refractivity contribution is -0.132. The first-order chi connectivity index (χ1) is 10.4. The van der Waals surface area contributed by atoms with Crippen molar-refractivity contribution >= 4 is 18.4 Å². The average molecular weight is 353 g/mol. The Hall–Kier alpha value is -0.580. The van der Waals surface area contributed by atoms with E-state index in [9.17, 15) is 4.79 Å². The maximum atomic E-state index is 9.99. The molecule has 1 N–H and O–H groups in total. The number of hydrogen-bond donors (Lipinski definition) is 1. The van der Waals surface area contributed by atoms with Crippen molar-refractivity contribution < 1.29 is 9.90 Å². The molecule has 0 saturated heterocycles. The summed E-state index contributed by atoms with van der Waals surface area (Å²) in [5, 5.41) is 8.21. The minimum Gasteiger partial charge on any atom is -0.478 e. The molecular weight excluding hydrogens is 312 g/mol. The maximum absolute atomic E-state index is 9.99. The normalized spacial score (nSPS) is 9.26. The van der Waals surface area contributed by atoms with Crippen LogP contribution < -0.4 is 0 Å². The molecule has 0 aliphatic heterocycles. The van der Waals surface area contributed by atoms with E-state index in [0.717, 1.165) is 6.42 Å². The molecule has 0 amide bonds. The Morgan fingerprint density at radius 3 is 1.09 bits per heavy atom. The van der Waals surface area contributed by atoms with Gasteiger partial charge in [0.05, 0.1) is 0 Å². The third kappa shape index (κ3) is 23.8. The molecule has 0 atom stereocenters. The Kier molecular flexibility index (Phi) is 31.2. The summed E-state index contributed by atoms with van der Waals surface area (Å²) in [4.78, 5) is 14.7. The first-order valence-corrected chi connectivity index (χ1v) is 8.73. The number of carbonyl (C=O) groups is 1. The average Bonchev–Trinajstić information content (AvgIpc) is 2.52. The number of nitrogens with zero attached hydrogens (tertiary/aromatic N) is 2. The van der Waals surface area contributed by atoms with Crippen molar-refractivity contribution in [1.29, 1.82) is 0 Å². The summed E-state index contributed by atoms with van der Waals surface area (Å²) in [7, 11) is 0. The van der Waals surface area contributed by atoms with Gasteiger partial charge in [-0.1, -0.05) is 61.5 Å². The summed E-state index contributed by atoms with van der Waals surface area (Å²) in [6.07, 6.45) is 1.44. The first-order valence-electron chi connectivity index (χ1n) is 8.73. The lowest BCUT2D eigenvalue weighted by Gasteiger charge is -2.13. The molecule has 0 aliphatic carbocycles. The molecule has 0 unspecified atom stereocenters.